The lowest BCUT2D eigenvalue weighted by Crippen LogP contribution is -2.25. The van der Waals surface area contributed by atoms with Gasteiger partial charge in [0.25, 0.3) is 0 Å². The van der Waals surface area contributed by atoms with Crippen LogP contribution in [0.2, 0.25) is 0 Å². The maximum atomic E-state index is 10.7. The Morgan fingerprint density at radius 1 is 1.15 bits per heavy atom. The fourth-order valence-electron chi connectivity index (χ4n) is 1.55. The summed E-state index contributed by atoms with van der Waals surface area (Å²) in [4.78, 5) is 10.7. The highest BCUT2D eigenvalue weighted by Gasteiger charge is 2.01. The first kappa shape index (κ1) is 16.5. The molecule has 0 aliphatic carbocycles. The maximum Gasteiger partial charge on any atom is 0.335 e. The minimum Gasteiger partial charge on any atom is -0.492 e. The molecule has 5 nitrogen and oxygen atoms in total. The standard InChI is InChI=1S/C15H23NO4/c1-2-3-10-19-11-8-16-9-12-20-14-6-4-13(5-7-14)15(17)18/h4-7,16H,2-3,8-12H2,1H3,(H,17,18). The van der Waals surface area contributed by atoms with Crippen LogP contribution in [0, 0.1) is 0 Å². The molecule has 0 bridgehead atoms. The molecule has 0 aromatic heterocycles. The molecule has 20 heavy (non-hydrogen) atoms. The summed E-state index contributed by atoms with van der Waals surface area (Å²) in [6.45, 7) is 5.77. The molecule has 0 radical (unpaired) electrons. The van der Waals surface area contributed by atoms with Crippen LogP contribution in [0.4, 0.5) is 0 Å². The number of rotatable bonds is 11. The van der Waals surface area contributed by atoms with Gasteiger partial charge in [-0.3, -0.25) is 0 Å². The Morgan fingerprint density at radius 2 is 1.85 bits per heavy atom. The van der Waals surface area contributed by atoms with Gasteiger partial charge in [-0.25, -0.2) is 4.79 Å². The number of aromatic carboxylic acids is 1. The molecule has 0 amide bonds. The van der Waals surface area contributed by atoms with Crippen molar-refractivity contribution in [1.29, 1.82) is 0 Å². The number of ether oxygens (including phenoxy) is 2. The molecule has 0 spiro atoms. The third-order valence-electron chi connectivity index (χ3n) is 2.71. The largest absolute Gasteiger partial charge is 0.492 e. The van der Waals surface area contributed by atoms with Crippen LogP contribution in [-0.2, 0) is 4.74 Å². The van der Waals surface area contributed by atoms with Gasteiger partial charge in [0.15, 0.2) is 0 Å². The highest BCUT2D eigenvalue weighted by Crippen LogP contribution is 2.11. The van der Waals surface area contributed by atoms with Gasteiger partial charge < -0.3 is 19.9 Å². The molecular formula is C15H23NO4. The van der Waals surface area contributed by atoms with E-state index in [4.69, 9.17) is 14.6 Å². The highest BCUT2D eigenvalue weighted by molar-refractivity contribution is 5.87. The van der Waals surface area contributed by atoms with E-state index in [0.717, 1.165) is 32.5 Å². The average molecular weight is 281 g/mol. The lowest BCUT2D eigenvalue weighted by molar-refractivity contribution is 0.0697. The second-order valence-electron chi connectivity index (χ2n) is 4.39. The zero-order valence-corrected chi connectivity index (χ0v) is 11.9. The average Bonchev–Trinajstić information content (AvgIpc) is 2.46. The van der Waals surface area contributed by atoms with Crippen LogP contribution in [0.1, 0.15) is 30.1 Å². The smallest absolute Gasteiger partial charge is 0.335 e. The van der Waals surface area contributed by atoms with Gasteiger partial charge in [-0.1, -0.05) is 13.3 Å². The van der Waals surface area contributed by atoms with Gasteiger partial charge in [0.1, 0.15) is 12.4 Å². The molecule has 0 fully saturated rings. The minimum atomic E-state index is -0.929. The quantitative estimate of drug-likeness (QED) is 0.608. The predicted molar refractivity (Wildman–Crippen MR) is 77.5 cm³/mol. The number of unbranched alkanes of at least 4 members (excludes halogenated alkanes) is 1. The third kappa shape index (κ3) is 7.11. The van der Waals surface area contributed by atoms with E-state index in [1.54, 1.807) is 12.1 Å². The Morgan fingerprint density at radius 3 is 2.50 bits per heavy atom. The van der Waals surface area contributed by atoms with Crippen molar-refractivity contribution in [3.8, 4) is 5.75 Å². The lowest BCUT2D eigenvalue weighted by Gasteiger charge is -2.08. The number of nitrogens with one attached hydrogen (secondary N) is 1. The first-order valence-electron chi connectivity index (χ1n) is 6.98. The van der Waals surface area contributed by atoms with Crippen LogP contribution in [0.15, 0.2) is 24.3 Å². The van der Waals surface area contributed by atoms with Crippen molar-refractivity contribution in [1.82, 2.24) is 5.32 Å². The van der Waals surface area contributed by atoms with Crippen molar-refractivity contribution in [3.63, 3.8) is 0 Å². The van der Waals surface area contributed by atoms with Crippen molar-refractivity contribution in [2.45, 2.75) is 19.8 Å². The van der Waals surface area contributed by atoms with Crippen molar-refractivity contribution < 1.29 is 19.4 Å². The van der Waals surface area contributed by atoms with Crippen LogP contribution in [-0.4, -0.2) is 44.0 Å². The molecule has 1 rings (SSSR count). The van der Waals surface area contributed by atoms with Crippen molar-refractivity contribution in [2.75, 3.05) is 32.9 Å². The molecule has 1 aromatic rings. The summed E-state index contributed by atoms with van der Waals surface area (Å²) in [6.07, 6.45) is 2.26. The van der Waals surface area contributed by atoms with E-state index in [1.165, 1.54) is 12.1 Å². The molecule has 112 valence electrons. The summed E-state index contributed by atoms with van der Waals surface area (Å²) in [5, 5.41) is 12.0. The van der Waals surface area contributed by atoms with Crippen LogP contribution in [0.3, 0.4) is 0 Å². The predicted octanol–water partition coefficient (Wildman–Crippen LogP) is 2.17. The second kappa shape index (κ2) is 10.2. The van der Waals surface area contributed by atoms with Gasteiger partial charge >= 0.3 is 5.97 Å². The fourth-order valence-corrected chi connectivity index (χ4v) is 1.55. The molecule has 0 aliphatic rings. The number of carboxylic acids is 1. The van der Waals surface area contributed by atoms with E-state index in [0.29, 0.717) is 19.0 Å². The van der Waals surface area contributed by atoms with Gasteiger partial charge in [-0.2, -0.15) is 0 Å². The van der Waals surface area contributed by atoms with Crippen LogP contribution in [0.25, 0.3) is 0 Å². The van der Waals surface area contributed by atoms with E-state index >= 15 is 0 Å². The maximum absolute atomic E-state index is 10.7. The van der Waals surface area contributed by atoms with E-state index in [9.17, 15) is 4.79 Å². The van der Waals surface area contributed by atoms with Gasteiger partial charge in [0.05, 0.1) is 12.2 Å². The highest BCUT2D eigenvalue weighted by atomic mass is 16.5. The molecular weight excluding hydrogens is 258 g/mol. The summed E-state index contributed by atoms with van der Waals surface area (Å²) in [5.41, 5.74) is 0.264. The third-order valence-corrected chi connectivity index (χ3v) is 2.71. The zero-order chi connectivity index (χ0) is 14.6. The number of hydrogen-bond donors (Lipinski definition) is 2. The molecule has 1 aromatic carbocycles. The summed E-state index contributed by atoms with van der Waals surface area (Å²) in [7, 11) is 0. The first-order valence-corrected chi connectivity index (χ1v) is 6.98. The first-order chi connectivity index (χ1) is 9.74. The fraction of sp³-hybridized carbons (Fsp3) is 0.533. The Balaban J connectivity index is 2.02. The Bertz CT molecular complexity index is 378. The summed E-state index contributed by atoms with van der Waals surface area (Å²) < 4.78 is 10.9. The zero-order valence-electron chi connectivity index (χ0n) is 11.9. The number of carboxylic acid groups (broad SMARTS) is 1. The summed E-state index contributed by atoms with van der Waals surface area (Å²) >= 11 is 0. The number of benzene rings is 1. The molecule has 5 heteroatoms. The van der Waals surface area contributed by atoms with Crippen molar-refractivity contribution >= 4 is 5.97 Å². The number of carbonyl (C=O) groups is 1. The Hall–Kier alpha value is -1.59. The van der Waals surface area contributed by atoms with E-state index < -0.39 is 5.97 Å². The number of hydrogen-bond acceptors (Lipinski definition) is 4. The summed E-state index contributed by atoms with van der Waals surface area (Å²) in [6, 6.07) is 6.40. The van der Waals surface area contributed by atoms with Gasteiger partial charge in [-0.15, -0.1) is 0 Å². The van der Waals surface area contributed by atoms with Crippen molar-refractivity contribution in [2.24, 2.45) is 0 Å². The van der Waals surface area contributed by atoms with E-state index in [2.05, 4.69) is 12.2 Å². The minimum absolute atomic E-state index is 0.264. The monoisotopic (exact) mass is 281 g/mol. The molecule has 0 aliphatic heterocycles. The molecule has 0 heterocycles. The SMILES string of the molecule is CCCCOCCNCCOc1ccc(C(=O)O)cc1. The lowest BCUT2D eigenvalue weighted by atomic mass is 10.2. The molecule has 0 saturated carbocycles. The van der Waals surface area contributed by atoms with E-state index in [-0.39, 0.29) is 5.56 Å². The molecule has 0 atom stereocenters. The normalized spacial score (nSPS) is 10.4. The Labute approximate surface area is 119 Å². The van der Waals surface area contributed by atoms with Gasteiger partial charge in [0, 0.05) is 19.7 Å². The topological polar surface area (TPSA) is 67.8 Å². The van der Waals surface area contributed by atoms with Crippen LogP contribution in [0.5, 0.6) is 5.75 Å². The van der Waals surface area contributed by atoms with Crippen LogP contribution >= 0.6 is 0 Å². The van der Waals surface area contributed by atoms with Crippen molar-refractivity contribution in [3.05, 3.63) is 29.8 Å². The Kier molecular flexibility index (Phi) is 8.42. The van der Waals surface area contributed by atoms with Crippen LogP contribution < -0.4 is 10.1 Å². The van der Waals surface area contributed by atoms with E-state index in [1.807, 2.05) is 0 Å². The molecule has 0 saturated heterocycles. The molecule has 2 N–H and O–H groups in total. The van der Waals surface area contributed by atoms with Gasteiger partial charge in [0.2, 0.25) is 0 Å². The molecule has 0 unspecified atom stereocenters. The van der Waals surface area contributed by atoms with Gasteiger partial charge in [-0.05, 0) is 30.7 Å². The second-order valence-corrected chi connectivity index (χ2v) is 4.39. The summed E-state index contributed by atoms with van der Waals surface area (Å²) in [5.74, 6) is -0.253.